The van der Waals surface area contributed by atoms with Crippen LogP contribution in [0.4, 0.5) is 0 Å². The molecular formula is C21H28N2O3. The van der Waals surface area contributed by atoms with E-state index in [9.17, 15) is 5.11 Å². The summed E-state index contributed by atoms with van der Waals surface area (Å²) < 4.78 is 11.4. The minimum atomic E-state index is -0.852. The van der Waals surface area contributed by atoms with Gasteiger partial charge in [0.2, 0.25) is 0 Å². The van der Waals surface area contributed by atoms with Crippen molar-refractivity contribution < 1.29 is 14.4 Å². The second-order valence-electron chi connectivity index (χ2n) is 7.84. The molecule has 140 valence electrons. The highest BCUT2D eigenvalue weighted by Gasteiger charge is 2.38. The van der Waals surface area contributed by atoms with Crippen molar-refractivity contribution in [3.63, 3.8) is 0 Å². The van der Waals surface area contributed by atoms with Crippen LogP contribution in [0.2, 0.25) is 0 Å². The molecule has 1 unspecified atom stereocenters. The summed E-state index contributed by atoms with van der Waals surface area (Å²) in [6, 6.07) is 7.98. The van der Waals surface area contributed by atoms with Crippen molar-refractivity contribution >= 4 is 0 Å². The highest BCUT2D eigenvalue weighted by atomic mass is 16.5. The van der Waals surface area contributed by atoms with Crippen LogP contribution in [0.3, 0.4) is 0 Å². The number of aliphatic hydroxyl groups is 1. The number of rotatable bonds is 5. The first-order chi connectivity index (χ1) is 12.6. The van der Waals surface area contributed by atoms with Crippen LogP contribution in [0.15, 0.2) is 28.8 Å². The van der Waals surface area contributed by atoms with Gasteiger partial charge in [-0.25, -0.2) is 0 Å². The van der Waals surface area contributed by atoms with E-state index in [0.717, 1.165) is 55.0 Å². The maximum atomic E-state index is 11.1. The van der Waals surface area contributed by atoms with Gasteiger partial charge in [-0.3, -0.25) is 0 Å². The molecule has 2 aromatic rings. The largest absolute Gasteiger partial charge is 0.487 e. The standard InChI is InChI=1S/C21H28N2O3/c1-21(24,20-8-5-13-23(20)2)15-9-11-16(12-10-15)25-14-18-17-6-3-4-7-19(17)26-22-18/h9-12,20,24H,3-8,13-14H2,1-2H3/t20-,21?/m1/s1. The maximum absolute atomic E-state index is 11.1. The number of likely N-dealkylation sites (N-methyl/N-ethyl adjacent to an activating group) is 1. The van der Waals surface area contributed by atoms with Gasteiger partial charge < -0.3 is 19.3 Å². The van der Waals surface area contributed by atoms with Gasteiger partial charge in [0, 0.05) is 18.0 Å². The smallest absolute Gasteiger partial charge is 0.140 e. The minimum absolute atomic E-state index is 0.163. The quantitative estimate of drug-likeness (QED) is 0.889. The first-order valence-electron chi connectivity index (χ1n) is 9.68. The lowest BCUT2D eigenvalue weighted by Crippen LogP contribution is -2.43. The second kappa shape index (κ2) is 7.05. The van der Waals surface area contributed by atoms with E-state index >= 15 is 0 Å². The van der Waals surface area contributed by atoms with Gasteiger partial charge in [-0.05, 0) is 70.3 Å². The van der Waals surface area contributed by atoms with Crippen molar-refractivity contribution in [2.45, 2.75) is 63.7 Å². The Hall–Kier alpha value is -1.85. The normalized spacial score (nSPS) is 22.8. The Kier molecular flexibility index (Phi) is 4.76. The molecule has 0 saturated carbocycles. The first kappa shape index (κ1) is 17.6. The summed E-state index contributed by atoms with van der Waals surface area (Å²) in [4.78, 5) is 2.25. The van der Waals surface area contributed by atoms with Crippen LogP contribution in [-0.4, -0.2) is 34.8 Å². The van der Waals surface area contributed by atoms with Crippen LogP contribution in [0.1, 0.15) is 55.2 Å². The molecule has 1 fully saturated rings. The van der Waals surface area contributed by atoms with Crippen LogP contribution in [0.5, 0.6) is 5.75 Å². The fourth-order valence-electron chi connectivity index (χ4n) is 4.42. The van der Waals surface area contributed by atoms with Crippen molar-refractivity contribution in [2.75, 3.05) is 13.6 Å². The first-order valence-corrected chi connectivity index (χ1v) is 9.68. The fourth-order valence-corrected chi connectivity index (χ4v) is 4.42. The molecule has 0 radical (unpaired) electrons. The zero-order valence-corrected chi connectivity index (χ0v) is 15.7. The SMILES string of the molecule is CN1CCC[C@@H]1C(C)(O)c1ccc(OCc2noc3c2CCCC3)cc1. The minimum Gasteiger partial charge on any atom is -0.487 e. The number of hydrogen-bond acceptors (Lipinski definition) is 5. The Morgan fingerprint density at radius 3 is 2.73 bits per heavy atom. The van der Waals surface area contributed by atoms with Crippen molar-refractivity contribution in [3.8, 4) is 5.75 Å². The van der Waals surface area contributed by atoms with E-state index in [2.05, 4.69) is 17.1 Å². The molecule has 2 aliphatic rings. The number of nitrogens with zero attached hydrogens (tertiary/aromatic N) is 2. The lowest BCUT2D eigenvalue weighted by Gasteiger charge is -2.35. The summed E-state index contributed by atoms with van der Waals surface area (Å²) in [5.41, 5.74) is 2.24. The number of ether oxygens (including phenoxy) is 1. The Bertz CT molecular complexity index is 751. The van der Waals surface area contributed by atoms with E-state index in [4.69, 9.17) is 9.26 Å². The average molecular weight is 356 g/mol. The molecule has 1 aliphatic carbocycles. The van der Waals surface area contributed by atoms with Gasteiger partial charge in [0.05, 0.1) is 0 Å². The fraction of sp³-hybridized carbons (Fsp3) is 0.571. The molecule has 1 aromatic heterocycles. The summed E-state index contributed by atoms with van der Waals surface area (Å²) in [5.74, 6) is 1.82. The monoisotopic (exact) mass is 356 g/mol. The number of aromatic nitrogens is 1. The van der Waals surface area contributed by atoms with Gasteiger partial charge in [-0.2, -0.15) is 0 Å². The molecule has 1 aliphatic heterocycles. The molecule has 5 heteroatoms. The Balaban J connectivity index is 1.42. The predicted molar refractivity (Wildman–Crippen MR) is 99.1 cm³/mol. The van der Waals surface area contributed by atoms with Crippen LogP contribution < -0.4 is 4.74 Å². The Labute approximate surface area is 154 Å². The Morgan fingerprint density at radius 2 is 2.00 bits per heavy atom. The summed E-state index contributed by atoms with van der Waals surface area (Å²) in [7, 11) is 2.09. The second-order valence-corrected chi connectivity index (χ2v) is 7.84. The molecule has 26 heavy (non-hydrogen) atoms. The lowest BCUT2D eigenvalue weighted by molar-refractivity contribution is -0.0153. The number of fused-ring (bicyclic) bond motifs is 1. The van der Waals surface area contributed by atoms with Crippen molar-refractivity contribution in [3.05, 3.63) is 46.8 Å². The van der Waals surface area contributed by atoms with Gasteiger partial charge >= 0.3 is 0 Å². The third-order valence-corrected chi connectivity index (χ3v) is 6.02. The number of benzene rings is 1. The topological polar surface area (TPSA) is 58.7 Å². The molecule has 1 saturated heterocycles. The summed E-state index contributed by atoms with van der Waals surface area (Å²) in [5, 5.41) is 15.2. The van der Waals surface area contributed by atoms with E-state index in [1.165, 1.54) is 18.4 Å². The molecule has 4 rings (SSSR count). The maximum Gasteiger partial charge on any atom is 0.140 e. The molecule has 2 atom stereocenters. The molecule has 0 amide bonds. The van der Waals surface area contributed by atoms with Crippen LogP contribution in [0, 0.1) is 0 Å². The lowest BCUT2D eigenvalue weighted by atomic mass is 9.87. The summed E-state index contributed by atoms with van der Waals surface area (Å²) in [6.07, 6.45) is 6.57. The number of aryl methyl sites for hydroxylation is 1. The third-order valence-electron chi connectivity index (χ3n) is 6.02. The van der Waals surface area contributed by atoms with E-state index in [1.807, 2.05) is 31.2 Å². The highest BCUT2D eigenvalue weighted by Crippen LogP contribution is 2.34. The van der Waals surface area contributed by atoms with Crippen molar-refractivity contribution in [2.24, 2.45) is 0 Å². The molecule has 1 aromatic carbocycles. The zero-order valence-electron chi connectivity index (χ0n) is 15.7. The van der Waals surface area contributed by atoms with E-state index in [0.29, 0.717) is 6.61 Å². The van der Waals surface area contributed by atoms with Gasteiger partial charge in [-0.15, -0.1) is 0 Å². The van der Waals surface area contributed by atoms with Gasteiger partial charge in [0.15, 0.2) is 0 Å². The zero-order chi connectivity index (χ0) is 18.1. The number of hydrogen-bond donors (Lipinski definition) is 1. The van der Waals surface area contributed by atoms with Gasteiger partial charge in [-0.1, -0.05) is 17.3 Å². The average Bonchev–Trinajstić information content (AvgIpc) is 3.27. The molecule has 1 N–H and O–H groups in total. The van der Waals surface area contributed by atoms with Crippen LogP contribution in [0.25, 0.3) is 0 Å². The molecule has 2 heterocycles. The van der Waals surface area contributed by atoms with E-state index in [1.54, 1.807) is 0 Å². The Morgan fingerprint density at radius 1 is 1.23 bits per heavy atom. The van der Waals surface area contributed by atoms with E-state index in [-0.39, 0.29) is 6.04 Å². The predicted octanol–water partition coefficient (Wildman–Crippen LogP) is 3.43. The van der Waals surface area contributed by atoms with Crippen molar-refractivity contribution in [1.29, 1.82) is 0 Å². The van der Waals surface area contributed by atoms with E-state index < -0.39 is 5.60 Å². The van der Waals surface area contributed by atoms with Crippen LogP contribution in [-0.2, 0) is 25.0 Å². The molecule has 0 bridgehead atoms. The van der Waals surface area contributed by atoms with Gasteiger partial charge in [0.25, 0.3) is 0 Å². The van der Waals surface area contributed by atoms with Gasteiger partial charge in [0.1, 0.15) is 29.4 Å². The highest BCUT2D eigenvalue weighted by molar-refractivity contribution is 5.32. The summed E-state index contributed by atoms with van der Waals surface area (Å²) in [6.45, 7) is 3.39. The third kappa shape index (κ3) is 3.26. The summed E-state index contributed by atoms with van der Waals surface area (Å²) >= 11 is 0. The number of likely N-dealkylation sites (tertiary alicyclic amines) is 1. The molecule has 0 spiro atoms. The molecular weight excluding hydrogens is 328 g/mol. The molecule has 5 nitrogen and oxygen atoms in total. The van der Waals surface area contributed by atoms with Crippen molar-refractivity contribution in [1.82, 2.24) is 10.1 Å². The van der Waals surface area contributed by atoms with Crippen LogP contribution >= 0.6 is 0 Å².